The molecule has 2 atom stereocenters. The van der Waals surface area contributed by atoms with Crippen molar-refractivity contribution in [1.82, 2.24) is 25.4 Å². The second kappa shape index (κ2) is 8.35. The molecule has 1 aliphatic carbocycles. The van der Waals surface area contributed by atoms with Crippen molar-refractivity contribution >= 4 is 11.8 Å². The average molecular weight is 446 g/mol. The zero-order chi connectivity index (χ0) is 23.0. The van der Waals surface area contributed by atoms with Crippen LogP contribution in [-0.2, 0) is 15.0 Å². The average Bonchev–Trinajstić information content (AvgIpc) is 3.31. The number of nitrogens with one attached hydrogen (secondary N) is 2. The fourth-order valence-corrected chi connectivity index (χ4v) is 4.79. The predicted molar refractivity (Wildman–Crippen MR) is 122 cm³/mol. The summed E-state index contributed by atoms with van der Waals surface area (Å²) in [6.45, 7) is 1.95. The van der Waals surface area contributed by atoms with Crippen LogP contribution in [0.25, 0.3) is 11.4 Å². The second-order valence-corrected chi connectivity index (χ2v) is 8.83. The summed E-state index contributed by atoms with van der Waals surface area (Å²) >= 11 is 0. The standard InChI is InChI=1S/C25H27N5O3/c1-16(31)26-19-14-21(23-27-22(28-29-23)17-6-4-3-5-7-17)30(15-19)24(32)25(12-13-25)18-8-10-20(33-2)11-9-18/h3-11,19,21H,12-15H2,1-2H3,(H,26,31)(H,27,28,29). The lowest BCUT2D eigenvalue weighted by molar-refractivity contribution is -0.135. The molecule has 2 unspecified atom stereocenters. The molecule has 8 heteroatoms. The van der Waals surface area contributed by atoms with Gasteiger partial charge in [0.05, 0.1) is 18.6 Å². The van der Waals surface area contributed by atoms with Crippen molar-refractivity contribution in [3.05, 3.63) is 66.0 Å². The second-order valence-electron chi connectivity index (χ2n) is 8.83. The number of carbonyl (C=O) groups excluding carboxylic acids is 2. The molecule has 170 valence electrons. The fraction of sp³-hybridized carbons (Fsp3) is 0.360. The summed E-state index contributed by atoms with van der Waals surface area (Å²) in [6.07, 6.45) is 2.20. The molecule has 0 spiro atoms. The Bertz CT molecular complexity index is 1150. The molecule has 2 aromatic carbocycles. The molecule has 8 nitrogen and oxygen atoms in total. The van der Waals surface area contributed by atoms with Crippen molar-refractivity contribution in [3.8, 4) is 17.1 Å². The van der Waals surface area contributed by atoms with Gasteiger partial charge in [0.25, 0.3) is 0 Å². The number of amides is 2. The van der Waals surface area contributed by atoms with E-state index in [0.717, 1.165) is 29.7 Å². The number of ether oxygens (including phenoxy) is 1. The molecule has 1 saturated heterocycles. The van der Waals surface area contributed by atoms with Crippen LogP contribution in [0.1, 0.15) is 43.6 Å². The highest BCUT2D eigenvalue weighted by molar-refractivity contribution is 5.92. The van der Waals surface area contributed by atoms with Crippen LogP contribution in [-0.4, -0.2) is 51.6 Å². The maximum Gasteiger partial charge on any atom is 0.233 e. The van der Waals surface area contributed by atoms with E-state index in [0.29, 0.717) is 24.6 Å². The molecule has 3 aromatic rings. The third-order valence-electron chi connectivity index (χ3n) is 6.62. The van der Waals surface area contributed by atoms with Gasteiger partial charge < -0.3 is 15.0 Å². The minimum Gasteiger partial charge on any atom is -0.497 e. The summed E-state index contributed by atoms with van der Waals surface area (Å²) in [5, 5.41) is 10.4. The van der Waals surface area contributed by atoms with Crippen molar-refractivity contribution in [2.24, 2.45) is 0 Å². The van der Waals surface area contributed by atoms with Crippen molar-refractivity contribution in [2.45, 2.75) is 43.7 Å². The summed E-state index contributed by atoms with van der Waals surface area (Å²) < 4.78 is 5.27. The van der Waals surface area contributed by atoms with E-state index in [9.17, 15) is 9.59 Å². The minimum atomic E-state index is -0.530. The van der Waals surface area contributed by atoms with E-state index in [2.05, 4.69) is 15.5 Å². The summed E-state index contributed by atoms with van der Waals surface area (Å²) in [7, 11) is 1.63. The normalized spacial score (nSPS) is 21.0. The lowest BCUT2D eigenvalue weighted by atomic mass is 9.94. The SMILES string of the molecule is COc1ccc(C2(C(=O)N3CC(NC(C)=O)CC3c3nc(-c4ccccc4)n[nH]3)CC2)cc1. The number of nitrogens with zero attached hydrogens (tertiary/aromatic N) is 3. The van der Waals surface area contributed by atoms with E-state index in [1.165, 1.54) is 6.92 Å². The molecule has 0 bridgehead atoms. The van der Waals surface area contributed by atoms with Gasteiger partial charge in [0, 0.05) is 25.1 Å². The summed E-state index contributed by atoms with van der Waals surface area (Å²) in [4.78, 5) is 32.2. The van der Waals surface area contributed by atoms with Crippen LogP contribution >= 0.6 is 0 Å². The predicted octanol–water partition coefficient (Wildman–Crippen LogP) is 2.99. The van der Waals surface area contributed by atoms with Crippen molar-refractivity contribution in [2.75, 3.05) is 13.7 Å². The highest BCUT2D eigenvalue weighted by Crippen LogP contribution is 2.51. The van der Waals surface area contributed by atoms with Gasteiger partial charge in [-0.1, -0.05) is 42.5 Å². The van der Waals surface area contributed by atoms with Gasteiger partial charge in [-0.3, -0.25) is 14.7 Å². The quantitative estimate of drug-likeness (QED) is 0.608. The minimum absolute atomic E-state index is 0.0724. The molecule has 33 heavy (non-hydrogen) atoms. The van der Waals surface area contributed by atoms with Crippen LogP contribution in [0.3, 0.4) is 0 Å². The number of aromatic nitrogens is 3. The number of benzene rings is 2. The Kier molecular flexibility index (Phi) is 5.36. The van der Waals surface area contributed by atoms with Gasteiger partial charge in [-0.2, -0.15) is 5.10 Å². The Balaban J connectivity index is 1.44. The third kappa shape index (κ3) is 3.97. The molecule has 1 aliphatic heterocycles. The molecular formula is C25H27N5O3. The van der Waals surface area contributed by atoms with E-state index in [4.69, 9.17) is 9.72 Å². The molecule has 1 aromatic heterocycles. The van der Waals surface area contributed by atoms with Gasteiger partial charge in [0.15, 0.2) is 5.82 Å². The van der Waals surface area contributed by atoms with E-state index >= 15 is 0 Å². The summed E-state index contributed by atoms with van der Waals surface area (Å²) in [5.41, 5.74) is 1.38. The zero-order valence-electron chi connectivity index (χ0n) is 18.7. The first-order valence-corrected chi connectivity index (χ1v) is 11.2. The Morgan fingerprint density at radius 1 is 1.12 bits per heavy atom. The largest absolute Gasteiger partial charge is 0.497 e. The fourth-order valence-electron chi connectivity index (χ4n) is 4.79. The Hall–Kier alpha value is -3.68. The molecule has 2 heterocycles. The number of aromatic amines is 1. The number of hydrogen-bond donors (Lipinski definition) is 2. The first-order valence-electron chi connectivity index (χ1n) is 11.2. The molecule has 0 radical (unpaired) electrons. The molecular weight excluding hydrogens is 418 g/mol. The Morgan fingerprint density at radius 2 is 1.85 bits per heavy atom. The van der Waals surface area contributed by atoms with Crippen molar-refractivity contribution < 1.29 is 14.3 Å². The molecule has 2 aliphatic rings. The van der Waals surface area contributed by atoms with Gasteiger partial charge >= 0.3 is 0 Å². The smallest absolute Gasteiger partial charge is 0.233 e. The van der Waals surface area contributed by atoms with Crippen LogP contribution in [0.15, 0.2) is 54.6 Å². The van der Waals surface area contributed by atoms with E-state index in [1.54, 1.807) is 7.11 Å². The molecule has 2 N–H and O–H groups in total. The van der Waals surface area contributed by atoms with Gasteiger partial charge in [-0.25, -0.2) is 4.98 Å². The molecule has 1 saturated carbocycles. The molecule has 2 fully saturated rings. The summed E-state index contributed by atoms with van der Waals surface area (Å²) in [6, 6.07) is 17.1. The van der Waals surface area contributed by atoms with Crippen molar-refractivity contribution in [1.29, 1.82) is 0 Å². The maximum atomic E-state index is 13.9. The highest BCUT2D eigenvalue weighted by atomic mass is 16.5. The number of H-pyrrole nitrogens is 1. The first-order chi connectivity index (χ1) is 16.0. The van der Waals surface area contributed by atoms with Gasteiger partial charge in [-0.15, -0.1) is 0 Å². The van der Waals surface area contributed by atoms with E-state index in [1.807, 2.05) is 59.5 Å². The van der Waals surface area contributed by atoms with Crippen molar-refractivity contribution in [3.63, 3.8) is 0 Å². The number of carbonyl (C=O) groups is 2. The number of likely N-dealkylation sites (tertiary alicyclic amines) is 1. The van der Waals surface area contributed by atoms with Gasteiger partial charge in [0.1, 0.15) is 11.6 Å². The highest BCUT2D eigenvalue weighted by Gasteiger charge is 2.55. The lowest BCUT2D eigenvalue weighted by Gasteiger charge is -2.28. The third-order valence-corrected chi connectivity index (χ3v) is 6.62. The molecule has 2 amide bonds. The lowest BCUT2D eigenvalue weighted by Crippen LogP contribution is -2.42. The van der Waals surface area contributed by atoms with E-state index in [-0.39, 0.29) is 23.9 Å². The van der Waals surface area contributed by atoms with Gasteiger partial charge in [0.2, 0.25) is 11.8 Å². The van der Waals surface area contributed by atoms with Gasteiger partial charge in [-0.05, 0) is 37.0 Å². The van der Waals surface area contributed by atoms with Crippen LogP contribution in [0, 0.1) is 0 Å². The maximum absolute atomic E-state index is 13.9. The van der Waals surface area contributed by atoms with E-state index < -0.39 is 5.41 Å². The topological polar surface area (TPSA) is 100 Å². The monoisotopic (exact) mass is 445 g/mol. The van der Waals surface area contributed by atoms with Crippen LogP contribution in [0.2, 0.25) is 0 Å². The Labute approximate surface area is 192 Å². The van der Waals surface area contributed by atoms with Crippen LogP contribution in [0.5, 0.6) is 5.75 Å². The van der Waals surface area contributed by atoms with Crippen LogP contribution < -0.4 is 10.1 Å². The summed E-state index contributed by atoms with van der Waals surface area (Å²) in [5.74, 6) is 1.97. The number of hydrogen-bond acceptors (Lipinski definition) is 5. The molecule has 5 rings (SSSR count). The van der Waals surface area contributed by atoms with Crippen LogP contribution in [0.4, 0.5) is 0 Å². The first kappa shape index (κ1) is 21.2. The zero-order valence-corrected chi connectivity index (χ0v) is 18.7. The number of rotatable bonds is 6. The Morgan fingerprint density at radius 3 is 2.48 bits per heavy atom. The number of methoxy groups -OCH3 is 1.